The van der Waals surface area contributed by atoms with Gasteiger partial charge in [-0.25, -0.2) is 13.1 Å². The van der Waals surface area contributed by atoms with Crippen LogP contribution in [0, 0.1) is 0 Å². The topological polar surface area (TPSA) is 58.6 Å². The van der Waals surface area contributed by atoms with Gasteiger partial charge in [0.1, 0.15) is 5.75 Å². The molecule has 5 nitrogen and oxygen atoms in total. The smallest absolute Gasteiger partial charge is 0.406 e. The van der Waals surface area contributed by atoms with Crippen molar-refractivity contribution >= 4 is 10.0 Å². The monoisotopic (exact) mass is 388 g/mol. The number of halogens is 3. The lowest BCUT2D eigenvalue weighted by Gasteiger charge is -2.23. The predicted molar refractivity (Wildman–Crippen MR) is 91.2 cm³/mol. The van der Waals surface area contributed by atoms with E-state index in [2.05, 4.69) is 9.46 Å². The van der Waals surface area contributed by atoms with E-state index in [0.717, 1.165) is 17.7 Å². The first kappa shape index (κ1) is 20.2. The van der Waals surface area contributed by atoms with Crippen LogP contribution in [0.3, 0.4) is 0 Å². The highest BCUT2D eigenvalue weighted by atomic mass is 32.2. The molecule has 0 aliphatic heterocycles. The summed E-state index contributed by atoms with van der Waals surface area (Å²) in [5.74, 6) is -0.593. The van der Waals surface area contributed by atoms with Crippen molar-refractivity contribution in [2.75, 3.05) is 20.6 Å². The second-order valence-corrected chi connectivity index (χ2v) is 7.58. The molecule has 9 heteroatoms. The first-order valence-electron chi connectivity index (χ1n) is 7.65. The van der Waals surface area contributed by atoms with Gasteiger partial charge in [0.2, 0.25) is 10.0 Å². The number of sulfonamides is 1. The molecule has 26 heavy (non-hydrogen) atoms. The number of alkyl halides is 3. The van der Waals surface area contributed by atoms with Crippen molar-refractivity contribution in [2.24, 2.45) is 0 Å². The Labute approximate surface area is 150 Å². The molecular formula is C17H19F3N2O3S. The zero-order chi connectivity index (χ0) is 19.4. The fourth-order valence-electron chi connectivity index (χ4n) is 2.36. The molecule has 0 aliphatic rings. The third-order valence-electron chi connectivity index (χ3n) is 3.40. The summed E-state index contributed by atoms with van der Waals surface area (Å²) < 4.78 is 68.7. The largest absolute Gasteiger partial charge is 0.573 e. The fraction of sp³-hybridized carbons (Fsp3) is 0.294. The molecule has 1 N–H and O–H groups in total. The molecule has 0 heterocycles. The number of nitrogens with zero attached hydrogens (tertiary/aromatic N) is 1. The minimum absolute atomic E-state index is 0.307. The molecule has 0 amide bonds. The lowest BCUT2D eigenvalue weighted by molar-refractivity contribution is -0.274. The Balaban J connectivity index is 2.29. The van der Waals surface area contributed by atoms with Gasteiger partial charge >= 0.3 is 6.36 Å². The SMILES string of the molecule is CN(C)C[C@H](NS(=O)(=O)c1cccc(OC(F)(F)F)c1)c1ccccc1. The Kier molecular flexibility index (Phi) is 6.27. The predicted octanol–water partition coefficient (Wildman–Crippen LogP) is 3.17. The van der Waals surface area contributed by atoms with E-state index < -0.39 is 28.2 Å². The van der Waals surface area contributed by atoms with Gasteiger partial charge in [0.15, 0.2) is 0 Å². The number of rotatable bonds is 7. The normalized spacial score (nSPS) is 13.6. The van der Waals surface area contributed by atoms with E-state index in [4.69, 9.17) is 0 Å². The van der Waals surface area contributed by atoms with Crippen LogP contribution in [0.25, 0.3) is 0 Å². The van der Waals surface area contributed by atoms with Crippen molar-refractivity contribution in [3.63, 3.8) is 0 Å². The van der Waals surface area contributed by atoms with Gasteiger partial charge in [-0.3, -0.25) is 0 Å². The number of likely N-dealkylation sites (N-methyl/N-ethyl adjacent to an activating group) is 1. The van der Waals surface area contributed by atoms with Crippen molar-refractivity contribution < 1.29 is 26.3 Å². The number of benzene rings is 2. The minimum Gasteiger partial charge on any atom is -0.406 e. The Morgan fingerprint density at radius 3 is 2.31 bits per heavy atom. The van der Waals surface area contributed by atoms with Crippen molar-refractivity contribution in [3.8, 4) is 5.75 Å². The Morgan fingerprint density at radius 1 is 1.08 bits per heavy atom. The maximum atomic E-state index is 12.6. The van der Waals surface area contributed by atoms with E-state index in [0.29, 0.717) is 6.54 Å². The van der Waals surface area contributed by atoms with E-state index in [1.807, 2.05) is 11.0 Å². The molecule has 0 spiro atoms. The standard InChI is InChI=1S/C17H19F3N2O3S/c1-22(2)12-16(13-7-4-3-5-8-13)21-26(23,24)15-10-6-9-14(11-15)25-17(18,19)20/h3-11,16,21H,12H2,1-2H3/t16-/m0/s1. The first-order valence-corrected chi connectivity index (χ1v) is 9.13. The van der Waals surface area contributed by atoms with E-state index in [1.54, 1.807) is 38.4 Å². The summed E-state index contributed by atoms with van der Waals surface area (Å²) in [6.45, 7) is 0.377. The molecule has 0 saturated heterocycles. The van der Waals surface area contributed by atoms with Crippen molar-refractivity contribution in [2.45, 2.75) is 17.3 Å². The number of hydrogen-bond acceptors (Lipinski definition) is 4. The van der Waals surface area contributed by atoms with Gasteiger partial charge in [-0.15, -0.1) is 13.2 Å². The number of ether oxygens (including phenoxy) is 1. The van der Waals surface area contributed by atoms with Crippen molar-refractivity contribution in [1.29, 1.82) is 0 Å². The summed E-state index contributed by atoms with van der Waals surface area (Å²) in [5, 5.41) is 0. The summed E-state index contributed by atoms with van der Waals surface area (Å²) in [7, 11) is -0.468. The summed E-state index contributed by atoms with van der Waals surface area (Å²) in [6, 6.07) is 12.6. The summed E-state index contributed by atoms with van der Waals surface area (Å²) in [5.41, 5.74) is 0.743. The number of nitrogens with one attached hydrogen (secondary N) is 1. The van der Waals surface area contributed by atoms with Gasteiger partial charge in [-0.2, -0.15) is 0 Å². The first-order chi connectivity index (χ1) is 12.1. The average Bonchev–Trinajstić information content (AvgIpc) is 2.53. The molecule has 142 valence electrons. The summed E-state index contributed by atoms with van der Waals surface area (Å²) in [4.78, 5) is 1.50. The molecule has 0 bridgehead atoms. The minimum atomic E-state index is -4.90. The van der Waals surface area contributed by atoms with Crippen LogP contribution in [-0.4, -0.2) is 40.3 Å². The van der Waals surface area contributed by atoms with Crippen LogP contribution in [0.4, 0.5) is 13.2 Å². The van der Waals surface area contributed by atoms with E-state index >= 15 is 0 Å². The molecule has 1 atom stereocenters. The highest BCUT2D eigenvalue weighted by molar-refractivity contribution is 7.89. The van der Waals surface area contributed by atoms with Gasteiger partial charge in [0.05, 0.1) is 10.9 Å². The van der Waals surface area contributed by atoms with Crippen LogP contribution in [0.15, 0.2) is 59.5 Å². The third-order valence-corrected chi connectivity index (χ3v) is 4.87. The zero-order valence-corrected chi connectivity index (χ0v) is 15.0. The summed E-state index contributed by atoms with van der Waals surface area (Å²) in [6.07, 6.45) is -4.90. The summed E-state index contributed by atoms with van der Waals surface area (Å²) >= 11 is 0. The van der Waals surface area contributed by atoms with Crippen LogP contribution in [-0.2, 0) is 10.0 Å². The Bertz CT molecular complexity index is 825. The van der Waals surface area contributed by atoms with Crippen LogP contribution in [0.1, 0.15) is 11.6 Å². The molecule has 0 radical (unpaired) electrons. The Morgan fingerprint density at radius 2 is 1.73 bits per heavy atom. The van der Waals surface area contributed by atoms with Crippen LogP contribution in [0.2, 0.25) is 0 Å². The van der Waals surface area contributed by atoms with E-state index in [9.17, 15) is 21.6 Å². The van der Waals surface area contributed by atoms with Crippen LogP contribution >= 0.6 is 0 Å². The van der Waals surface area contributed by atoms with Gasteiger partial charge in [0, 0.05) is 12.6 Å². The average molecular weight is 388 g/mol. The fourth-order valence-corrected chi connectivity index (χ4v) is 3.61. The molecule has 2 aromatic rings. The second-order valence-electron chi connectivity index (χ2n) is 5.87. The molecular weight excluding hydrogens is 369 g/mol. The molecule has 0 fully saturated rings. The lowest BCUT2D eigenvalue weighted by Crippen LogP contribution is -2.35. The molecule has 0 saturated carbocycles. The van der Waals surface area contributed by atoms with Crippen LogP contribution < -0.4 is 9.46 Å². The lowest BCUT2D eigenvalue weighted by atomic mass is 10.1. The van der Waals surface area contributed by atoms with E-state index in [-0.39, 0.29) is 4.90 Å². The highest BCUT2D eigenvalue weighted by Gasteiger charge is 2.31. The van der Waals surface area contributed by atoms with Gasteiger partial charge in [-0.05, 0) is 31.8 Å². The van der Waals surface area contributed by atoms with E-state index in [1.165, 1.54) is 12.1 Å². The van der Waals surface area contributed by atoms with Crippen LogP contribution in [0.5, 0.6) is 5.75 Å². The second kappa shape index (κ2) is 8.07. The molecule has 2 aromatic carbocycles. The van der Waals surface area contributed by atoms with Gasteiger partial charge in [-0.1, -0.05) is 36.4 Å². The molecule has 2 rings (SSSR count). The quantitative estimate of drug-likeness (QED) is 0.792. The molecule has 0 aliphatic carbocycles. The number of hydrogen-bond donors (Lipinski definition) is 1. The third kappa shape index (κ3) is 6.01. The zero-order valence-electron chi connectivity index (χ0n) is 14.2. The Hall–Kier alpha value is -2.10. The van der Waals surface area contributed by atoms with Gasteiger partial charge < -0.3 is 9.64 Å². The van der Waals surface area contributed by atoms with Crippen molar-refractivity contribution in [1.82, 2.24) is 9.62 Å². The molecule has 0 unspecified atom stereocenters. The highest BCUT2D eigenvalue weighted by Crippen LogP contribution is 2.26. The van der Waals surface area contributed by atoms with Gasteiger partial charge in [0.25, 0.3) is 0 Å². The maximum Gasteiger partial charge on any atom is 0.573 e. The molecule has 0 aromatic heterocycles. The maximum absolute atomic E-state index is 12.6. The van der Waals surface area contributed by atoms with Crippen molar-refractivity contribution in [3.05, 3.63) is 60.2 Å².